The van der Waals surface area contributed by atoms with Crippen LogP contribution in [0.3, 0.4) is 0 Å². The van der Waals surface area contributed by atoms with Crippen molar-refractivity contribution in [1.29, 1.82) is 0 Å². The van der Waals surface area contributed by atoms with E-state index in [0.717, 1.165) is 17.7 Å². The Morgan fingerprint density at radius 1 is 1.35 bits per heavy atom. The van der Waals surface area contributed by atoms with Gasteiger partial charge in [-0.3, -0.25) is 9.80 Å². The molecule has 0 saturated carbocycles. The number of carbonyl (C=O) groups excluding carboxylic acids is 1. The van der Waals surface area contributed by atoms with Gasteiger partial charge in [-0.1, -0.05) is 24.6 Å². The minimum atomic E-state index is -4.48. The fraction of sp³-hybridized carbons (Fsp3) is 0.304. The van der Waals surface area contributed by atoms with Gasteiger partial charge in [0.15, 0.2) is 0 Å². The summed E-state index contributed by atoms with van der Waals surface area (Å²) < 4.78 is 49.6. The predicted molar refractivity (Wildman–Crippen MR) is 134 cm³/mol. The third-order valence-electron chi connectivity index (χ3n) is 6.26. The van der Waals surface area contributed by atoms with E-state index < -0.39 is 44.4 Å². The van der Waals surface area contributed by atoms with E-state index in [1.54, 1.807) is 31.1 Å². The number of H-pyrrole nitrogens is 1. The molecule has 11 nitrogen and oxygen atoms in total. The molecule has 1 amide bonds. The molecule has 1 unspecified atom stereocenters. The number of aromatic amines is 1. The first-order valence-corrected chi connectivity index (χ1v) is 13.0. The molecule has 0 saturated heterocycles. The molecule has 3 atom stereocenters. The third-order valence-corrected chi connectivity index (χ3v) is 8.00. The molecule has 196 valence electrons. The van der Waals surface area contributed by atoms with Crippen LogP contribution in [0.5, 0.6) is 0 Å². The second-order valence-corrected chi connectivity index (χ2v) is 10.8. The summed E-state index contributed by atoms with van der Waals surface area (Å²) in [6.45, 7) is 3.90. The van der Waals surface area contributed by atoms with Crippen LogP contribution in [-0.4, -0.2) is 49.3 Å². The van der Waals surface area contributed by atoms with Crippen LogP contribution < -0.4 is 16.2 Å². The number of carbonyl (C=O) groups is 1. The van der Waals surface area contributed by atoms with Crippen LogP contribution in [0.25, 0.3) is 0 Å². The summed E-state index contributed by atoms with van der Waals surface area (Å²) in [6, 6.07) is 5.15. The number of hydrogen-bond acceptors (Lipinski definition) is 8. The van der Waals surface area contributed by atoms with E-state index in [-0.39, 0.29) is 28.0 Å². The Balaban J connectivity index is 1.80. The van der Waals surface area contributed by atoms with Gasteiger partial charge in [0.2, 0.25) is 21.8 Å². The molecular formula is C23H24ClFN6O5S. The van der Waals surface area contributed by atoms with Crippen molar-refractivity contribution < 1.29 is 22.0 Å². The number of amides is 1. The second-order valence-electron chi connectivity index (χ2n) is 8.73. The van der Waals surface area contributed by atoms with Crippen molar-refractivity contribution in [1.82, 2.24) is 19.9 Å². The maximum atomic E-state index is 15.3. The van der Waals surface area contributed by atoms with Crippen molar-refractivity contribution in [3.63, 3.8) is 0 Å². The van der Waals surface area contributed by atoms with E-state index in [1.165, 1.54) is 12.1 Å². The average molecular weight is 551 g/mol. The van der Waals surface area contributed by atoms with Gasteiger partial charge in [0.25, 0.3) is 0 Å². The summed E-state index contributed by atoms with van der Waals surface area (Å²) in [5.41, 5.74) is 6.63. The van der Waals surface area contributed by atoms with Crippen molar-refractivity contribution in [3.8, 4) is 0 Å². The van der Waals surface area contributed by atoms with Gasteiger partial charge in [-0.2, -0.15) is 9.82 Å². The summed E-state index contributed by atoms with van der Waals surface area (Å²) in [5.74, 6) is -3.85. The lowest BCUT2D eigenvalue weighted by Crippen LogP contribution is -2.34. The minimum Gasteiger partial charge on any atom is -0.391 e. The lowest BCUT2D eigenvalue weighted by Gasteiger charge is -2.26. The fourth-order valence-corrected chi connectivity index (χ4v) is 6.13. The number of nitrogens with zero attached hydrogens (tertiary/aromatic N) is 3. The molecule has 0 spiro atoms. The number of nitrogens with one attached hydrogen (secondary N) is 2. The zero-order valence-electron chi connectivity index (χ0n) is 20.0. The smallest absolute Gasteiger partial charge is 0.391 e. The molecule has 2 aromatic carbocycles. The molecule has 1 aliphatic heterocycles. The highest BCUT2D eigenvalue weighted by molar-refractivity contribution is 7.89. The molecule has 0 bridgehead atoms. The van der Waals surface area contributed by atoms with Crippen molar-refractivity contribution >= 4 is 33.7 Å². The Morgan fingerprint density at radius 3 is 2.68 bits per heavy atom. The molecule has 1 aromatic heterocycles. The van der Waals surface area contributed by atoms with E-state index in [1.807, 2.05) is 7.05 Å². The van der Waals surface area contributed by atoms with Crippen LogP contribution in [0, 0.1) is 12.7 Å². The number of likely N-dealkylation sites (N-methyl/N-ethyl adjacent to an activating group) is 1. The summed E-state index contributed by atoms with van der Waals surface area (Å²) in [6.07, 6.45) is 1.76. The average Bonchev–Trinajstić information content (AvgIpc) is 3.45. The van der Waals surface area contributed by atoms with Crippen molar-refractivity contribution in [2.45, 2.75) is 36.6 Å². The molecular weight excluding hydrogens is 527 g/mol. The fourth-order valence-electron chi connectivity index (χ4n) is 4.49. The SMILES string of the molecule is Cc1c(C2C=NN(C)C2)ccc(F)c1[C@@H](C)[C@H](NS(=O)(=O)c1ccc(Cl)cc1C(N)=O)c1n[nH]c(=O)o1. The Hall–Kier alpha value is -3.55. The second kappa shape index (κ2) is 10.1. The lowest BCUT2D eigenvalue weighted by atomic mass is 9.84. The summed E-state index contributed by atoms with van der Waals surface area (Å²) >= 11 is 5.92. The Kier molecular flexibility index (Phi) is 7.22. The zero-order valence-corrected chi connectivity index (χ0v) is 21.6. The summed E-state index contributed by atoms with van der Waals surface area (Å²) in [5, 5.41) is 12.0. The molecule has 37 heavy (non-hydrogen) atoms. The topological polar surface area (TPSA) is 164 Å². The van der Waals surface area contributed by atoms with E-state index in [9.17, 15) is 18.0 Å². The standard InChI is InChI=1S/C23H24ClFN6O5S/c1-11-15(13-9-27-31(3)10-13)5-6-17(25)19(11)12(2)20(22-28-29-23(33)36-22)30-37(34,35)18-7-4-14(24)8-16(18)21(26)32/h4-9,12-13,20,30H,10H2,1-3H3,(H2,26,32)(H,29,33)/t12-,13?,20+/m1/s1. The first kappa shape index (κ1) is 26.5. The van der Waals surface area contributed by atoms with E-state index in [4.69, 9.17) is 21.8 Å². The van der Waals surface area contributed by atoms with Crippen LogP contribution in [0.1, 0.15) is 57.7 Å². The van der Waals surface area contributed by atoms with Gasteiger partial charge in [0.05, 0.1) is 10.5 Å². The largest absolute Gasteiger partial charge is 0.434 e. The summed E-state index contributed by atoms with van der Waals surface area (Å²) in [4.78, 5) is 23.2. The molecule has 4 N–H and O–H groups in total. The maximum absolute atomic E-state index is 15.3. The highest BCUT2D eigenvalue weighted by Crippen LogP contribution is 2.37. The van der Waals surface area contributed by atoms with Gasteiger partial charge >= 0.3 is 5.76 Å². The highest BCUT2D eigenvalue weighted by atomic mass is 35.5. The van der Waals surface area contributed by atoms with Crippen LogP contribution >= 0.6 is 11.6 Å². The van der Waals surface area contributed by atoms with Crippen molar-refractivity contribution in [2.24, 2.45) is 10.8 Å². The number of halogens is 2. The number of hydrazone groups is 1. The van der Waals surface area contributed by atoms with Crippen molar-refractivity contribution in [3.05, 3.63) is 79.9 Å². The minimum absolute atomic E-state index is 0.0952. The number of sulfonamides is 1. The van der Waals surface area contributed by atoms with Crippen LogP contribution in [0.4, 0.5) is 4.39 Å². The third kappa shape index (κ3) is 5.29. The van der Waals surface area contributed by atoms with Crippen LogP contribution in [-0.2, 0) is 10.0 Å². The molecule has 0 aliphatic carbocycles. The van der Waals surface area contributed by atoms with Gasteiger partial charge in [-0.15, -0.1) is 5.10 Å². The number of primary amides is 1. The first-order valence-electron chi connectivity index (χ1n) is 11.1. The molecule has 4 rings (SSSR count). The number of nitrogens with two attached hydrogens (primary N) is 1. The Morgan fingerprint density at radius 2 is 2.08 bits per heavy atom. The van der Waals surface area contributed by atoms with E-state index in [0.29, 0.717) is 12.1 Å². The van der Waals surface area contributed by atoms with E-state index >= 15 is 4.39 Å². The zero-order chi connectivity index (χ0) is 27.1. The molecule has 14 heteroatoms. The van der Waals surface area contributed by atoms with Gasteiger partial charge < -0.3 is 10.2 Å². The molecule has 3 aromatic rings. The molecule has 0 fully saturated rings. The van der Waals surface area contributed by atoms with Gasteiger partial charge in [-0.25, -0.2) is 22.7 Å². The number of rotatable bonds is 8. The predicted octanol–water partition coefficient (Wildman–Crippen LogP) is 2.40. The normalized spacial score (nSPS) is 17.2. The number of hydrogen-bond donors (Lipinski definition) is 3. The Bertz CT molecular complexity index is 1550. The molecule has 2 heterocycles. The maximum Gasteiger partial charge on any atom is 0.434 e. The van der Waals surface area contributed by atoms with Crippen LogP contribution in [0.2, 0.25) is 5.02 Å². The van der Waals surface area contributed by atoms with E-state index in [2.05, 4.69) is 20.0 Å². The molecule has 0 radical (unpaired) electrons. The molecule has 1 aliphatic rings. The van der Waals surface area contributed by atoms with Crippen molar-refractivity contribution in [2.75, 3.05) is 13.6 Å². The van der Waals surface area contributed by atoms with Crippen LogP contribution in [0.15, 0.2) is 49.5 Å². The van der Waals surface area contributed by atoms with Gasteiger partial charge in [0, 0.05) is 36.7 Å². The number of aromatic nitrogens is 2. The Labute approximate surface area is 216 Å². The van der Waals surface area contributed by atoms with Gasteiger partial charge in [0.1, 0.15) is 11.9 Å². The monoisotopic (exact) mass is 550 g/mol. The first-order chi connectivity index (χ1) is 17.4. The summed E-state index contributed by atoms with van der Waals surface area (Å²) in [7, 11) is -2.66. The quantitative estimate of drug-likeness (QED) is 0.387. The lowest BCUT2D eigenvalue weighted by molar-refractivity contribution is 0.0997. The highest BCUT2D eigenvalue weighted by Gasteiger charge is 2.35. The number of benzene rings is 2. The van der Waals surface area contributed by atoms with Gasteiger partial charge in [-0.05, 0) is 47.9 Å².